The number of ether oxygens (including phenoxy) is 1. The molecule has 9 nitrogen and oxygen atoms in total. The van der Waals surface area contributed by atoms with E-state index >= 15 is 0 Å². The summed E-state index contributed by atoms with van der Waals surface area (Å²) >= 11 is 0. The van der Waals surface area contributed by atoms with Crippen molar-refractivity contribution in [1.82, 2.24) is 24.4 Å². The molecule has 6 rings (SSSR count). The lowest BCUT2D eigenvalue weighted by Crippen LogP contribution is -2.24. The second-order valence-corrected chi connectivity index (χ2v) is 10.9. The van der Waals surface area contributed by atoms with Crippen molar-refractivity contribution in [1.29, 1.82) is 0 Å². The summed E-state index contributed by atoms with van der Waals surface area (Å²) in [4.78, 5) is 19.2. The number of nitrogens with zero attached hydrogens (tertiary/aromatic N) is 6. The quantitative estimate of drug-likeness (QED) is 0.162. The number of fused-ring (bicyclic) bond motifs is 1. The Bertz CT molecular complexity index is 1760. The first kappa shape index (κ1) is 28.7. The second kappa shape index (κ2) is 13.3. The molecule has 4 aromatic carbocycles. The third-order valence-corrected chi connectivity index (χ3v) is 7.18. The number of hydrogen-bond acceptors (Lipinski definition) is 8. The SMILES string of the molecule is CN(C)CCOc1ccc(Nc2nc(N(Cc3ccccc3)Cc3ccccc3)c3ncn(-c4cccc(N)c4)c3n2)cc1. The average Bonchev–Trinajstić information content (AvgIpc) is 3.46. The van der Waals surface area contributed by atoms with E-state index in [0.29, 0.717) is 42.5 Å². The molecule has 0 amide bonds. The summed E-state index contributed by atoms with van der Waals surface area (Å²) in [5, 5.41) is 3.42. The average molecular weight is 585 g/mol. The lowest BCUT2D eigenvalue weighted by atomic mass is 10.1. The molecule has 6 aromatic rings. The van der Waals surface area contributed by atoms with Gasteiger partial charge in [0.25, 0.3) is 0 Å². The molecule has 0 saturated carbocycles. The topological polar surface area (TPSA) is 97.4 Å². The number of rotatable bonds is 12. The van der Waals surface area contributed by atoms with Crippen molar-refractivity contribution in [3.8, 4) is 11.4 Å². The lowest BCUT2D eigenvalue weighted by molar-refractivity contribution is 0.261. The third kappa shape index (κ3) is 6.96. The maximum atomic E-state index is 6.15. The van der Waals surface area contributed by atoms with Gasteiger partial charge in [0.05, 0.1) is 5.69 Å². The smallest absolute Gasteiger partial charge is 0.231 e. The fourth-order valence-corrected chi connectivity index (χ4v) is 4.95. The number of likely N-dealkylation sites (N-methyl/N-ethyl adjacent to an activating group) is 1. The molecule has 0 radical (unpaired) electrons. The van der Waals surface area contributed by atoms with Gasteiger partial charge in [0, 0.05) is 31.0 Å². The number of nitrogens with two attached hydrogens (primary N) is 1. The summed E-state index contributed by atoms with van der Waals surface area (Å²) < 4.78 is 7.83. The molecule has 0 atom stereocenters. The molecule has 2 aromatic heterocycles. The standard InChI is InChI=1S/C35H36N8O/c1-41(2)20-21-44-31-18-16-29(17-19-31)38-35-39-33(32-34(40-35)43(25-37-32)30-15-9-14-28(36)22-30)42(23-26-10-5-3-6-11-26)24-27-12-7-4-8-13-27/h3-19,22,25H,20-21,23-24,36H2,1-2H3,(H,38,39,40). The highest BCUT2D eigenvalue weighted by Gasteiger charge is 2.20. The Hall–Kier alpha value is -5.41. The van der Waals surface area contributed by atoms with Gasteiger partial charge in [-0.2, -0.15) is 9.97 Å². The molecule has 0 aliphatic rings. The van der Waals surface area contributed by atoms with Crippen molar-refractivity contribution >= 4 is 34.3 Å². The van der Waals surface area contributed by atoms with Crippen LogP contribution in [0.1, 0.15) is 11.1 Å². The predicted molar refractivity (Wildman–Crippen MR) is 178 cm³/mol. The summed E-state index contributed by atoms with van der Waals surface area (Å²) in [6, 6.07) is 36.3. The minimum Gasteiger partial charge on any atom is -0.492 e. The van der Waals surface area contributed by atoms with Gasteiger partial charge in [-0.3, -0.25) is 4.57 Å². The zero-order valence-electron chi connectivity index (χ0n) is 25.0. The first-order valence-corrected chi connectivity index (χ1v) is 14.6. The van der Waals surface area contributed by atoms with Crippen LogP contribution >= 0.6 is 0 Å². The summed E-state index contributed by atoms with van der Waals surface area (Å²) in [6.07, 6.45) is 1.78. The fraction of sp³-hybridized carbons (Fsp3) is 0.171. The minimum absolute atomic E-state index is 0.463. The van der Waals surface area contributed by atoms with Gasteiger partial charge in [0.1, 0.15) is 18.7 Å². The molecule has 9 heteroatoms. The van der Waals surface area contributed by atoms with Gasteiger partial charge in [-0.15, -0.1) is 0 Å². The molecule has 0 saturated heterocycles. The Kier molecular flexibility index (Phi) is 8.65. The number of benzene rings is 4. The van der Waals surface area contributed by atoms with E-state index in [2.05, 4.69) is 63.6 Å². The zero-order chi connectivity index (χ0) is 30.3. The van der Waals surface area contributed by atoms with Crippen molar-refractivity contribution in [2.45, 2.75) is 13.1 Å². The Balaban J connectivity index is 1.41. The largest absolute Gasteiger partial charge is 0.492 e. The van der Waals surface area contributed by atoms with E-state index in [0.717, 1.165) is 29.5 Å². The highest BCUT2D eigenvalue weighted by Crippen LogP contribution is 2.30. The van der Waals surface area contributed by atoms with Crippen LogP contribution in [0.2, 0.25) is 0 Å². The monoisotopic (exact) mass is 584 g/mol. The maximum absolute atomic E-state index is 6.15. The molecular weight excluding hydrogens is 548 g/mol. The van der Waals surface area contributed by atoms with Crippen molar-refractivity contribution in [3.63, 3.8) is 0 Å². The summed E-state index contributed by atoms with van der Waals surface area (Å²) in [5.74, 6) is 2.01. The predicted octanol–water partition coefficient (Wildman–Crippen LogP) is 6.29. The molecule has 0 aliphatic heterocycles. The Morgan fingerprint density at radius 3 is 2.11 bits per heavy atom. The van der Waals surface area contributed by atoms with Crippen LogP contribution in [0.25, 0.3) is 16.9 Å². The van der Waals surface area contributed by atoms with Crippen LogP contribution in [-0.2, 0) is 13.1 Å². The van der Waals surface area contributed by atoms with Crippen molar-refractivity contribution in [2.24, 2.45) is 0 Å². The van der Waals surface area contributed by atoms with Crippen molar-refractivity contribution in [3.05, 3.63) is 127 Å². The molecule has 0 unspecified atom stereocenters. The van der Waals surface area contributed by atoms with Crippen molar-refractivity contribution < 1.29 is 4.74 Å². The van der Waals surface area contributed by atoms with Crippen LogP contribution in [0, 0.1) is 0 Å². The van der Waals surface area contributed by atoms with Crippen LogP contribution in [-0.4, -0.2) is 51.7 Å². The minimum atomic E-state index is 0.463. The number of hydrogen-bond donors (Lipinski definition) is 2. The lowest BCUT2D eigenvalue weighted by Gasteiger charge is -2.25. The van der Waals surface area contributed by atoms with E-state index in [-0.39, 0.29) is 0 Å². The number of aromatic nitrogens is 4. The van der Waals surface area contributed by atoms with Crippen LogP contribution in [0.3, 0.4) is 0 Å². The van der Waals surface area contributed by atoms with Gasteiger partial charge in [0.2, 0.25) is 5.95 Å². The van der Waals surface area contributed by atoms with Gasteiger partial charge < -0.3 is 25.6 Å². The first-order chi connectivity index (χ1) is 21.5. The van der Waals surface area contributed by atoms with E-state index in [1.54, 1.807) is 6.33 Å². The Morgan fingerprint density at radius 2 is 1.48 bits per heavy atom. The van der Waals surface area contributed by atoms with E-state index in [1.165, 1.54) is 11.1 Å². The zero-order valence-corrected chi connectivity index (χ0v) is 25.0. The molecule has 0 fully saturated rings. The molecule has 222 valence electrons. The summed E-state index contributed by atoms with van der Waals surface area (Å²) in [5.41, 5.74) is 12.3. The molecule has 44 heavy (non-hydrogen) atoms. The molecule has 3 N–H and O–H groups in total. The second-order valence-electron chi connectivity index (χ2n) is 10.9. The van der Waals surface area contributed by atoms with Crippen LogP contribution in [0.15, 0.2) is 116 Å². The molecule has 0 bridgehead atoms. The summed E-state index contributed by atoms with van der Waals surface area (Å²) in [6.45, 7) is 2.76. The number of nitrogen functional groups attached to an aromatic ring is 1. The number of imidazole rings is 1. The van der Waals surface area contributed by atoms with Gasteiger partial charge in [-0.05, 0) is 67.7 Å². The Labute approximate surface area is 257 Å². The van der Waals surface area contributed by atoms with Gasteiger partial charge in [-0.1, -0.05) is 66.7 Å². The van der Waals surface area contributed by atoms with Crippen LogP contribution in [0.5, 0.6) is 5.75 Å². The van der Waals surface area contributed by atoms with E-state index in [4.69, 9.17) is 25.4 Å². The normalized spacial score (nSPS) is 11.2. The summed E-state index contributed by atoms with van der Waals surface area (Å²) in [7, 11) is 4.06. The Morgan fingerprint density at radius 1 is 0.795 bits per heavy atom. The van der Waals surface area contributed by atoms with Crippen LogP contribution in [0.4, 0.5) is 23.1 Å². The van der Waals surface area contributed by atoms with Crippen molar-refractivity contribution in [2.75, 3.05) is 43.2 Å². The first-order valence-electron chi connectivity index (χ1n) is 14.6. The van der Waals surface area contributed by atoms with E-state index in [9.17, 15) is 0 Å². The molecule has 2 heterocycles. The molecule has 0 spiro atoms. The van der Waals surface area contributed by atoms with Crippen LogP contribution < -0.4 is 20.7 Å². The number of anilines is 4. The van der Waals surface area contributed by atoms with Gasteiger partial charge in [0.15, 0.2) is 17.0 Å². The van der Waals surface area contributed by atoms with Gasteiger partial charge >= 0.3 is 0 Å². The molecular formula is C35H36N8O. The number of nitrogens with one attached hydrogen (secondary N) is 1. The fourth-order valence-electron chi connectivity index (χ4n) is 4.95. The highest BCUT2D eigenvalue weighted by molar-refractivity contribution is 5.86. The van der Waals surface area contributed by atoms with Gasteiger partial charge in [-0.25, -0.2) is 4.98 Å². The maximum Gasteiger partial charge on any atom is 0.231 e. The third-order valence-electron chi connectivity index (χ3n) is 7.18. The molecule has 0 aliphatic carbocycles. The van der Waals surface area contributed by atoms with E-state index < -0.39 is 0 Å². The highest BCUT2D eigenvalue weighted by atomic mass is 16.5. The van der Waals surface area contributed by atoms with E-state index in [1.807, 2.05) is 79.3 Å².